The van der Waals surface area contributed by atoms with Crippen molar-refractivity contribution in [2.24, 2.45) is 19.8 Å². The van der Waals surface area contributed by atoms with Crippen molar-refractivity contribution in [1.29, 1.82) is 0 Å². The lowest BCUT2D eigenvalue weighted by atomic mass is 9.98. The summed E-state index contributed by atoms with van der Waals surface area (Å²) in [5.74, 6) is 4.69. The van der Waals surface area contributed by atoms with Gasteiger partial charge in [0, 0.05) is 69.1 Å². The Morgan fingerprint density at radius 2 is 1.82 bits per heavy atom. The van der Waals surface area contributed by atoms with E-state index in [2.05, 4.69) is 47.0 Å². The molecule has 3 aliphatic rings. The fraction of sp³-hybridized carbons (Fsp3) is 0.326. The van der Waals surface area contributed by atoms with E-state index in [9.17, 15) is 28.8 Å². The molecule has 2 aromatic carbocycles. The van der Waals surface area contributed by atoms with E-state index in [0.717, 1.165) is 51.9 Å². The van der Waals surface area contributed by atoms with Crippen molar-refractivity contribution in [2.45, 2.75) is 70.9 Å². The molecule has 8 rings (SSSR count). The van der Waals surface area contributed by atoms with Crippen molar-refractivity contribution >= 4 is 46.0 Å². The Balaban J connectivity index is 1.06. The lowest BCUT2D eigenvalue weighted by Crippen LogP contribution is -2.52. The minimum atomic E-state index is -0.725. The lowest BCUT2D eigenvalue weighted by Gasteiger charge is -2.32. The summed E-state index contributed by atoms with van der Waals surface area (Å²) in [6.07, 6.45) is 6.00. The third-order valence-electron chi connectivity index (χ3n) is 11.3. The molecule has 3 aliphatic heterocycles. The minimum absolute atomic E-state index is 0.0921. The summed E-state index contributed by atoms with van der Waals surface area (Å²) in [4.78, 5) is 84.7. The zero-order chi connectivity index (χ0) is 40.3. The average Bonchev–Trinajstić information content (AvgIpc) is 3.63. The highest BCUT2D eigenvalue weighted by Gasteiger charge is 2.39. The van der Waals surface area contributed by atoms with E-state index in [1.165, 1.54) is 15.7 Å². The van der Waals surface area contributed by atoms with E-state index in [0.29, 0.717) is 41.8 Å². The Kier molecular flexibility index (Phi) is 9.39. The average molecular weight is 767 g/mol. The second kappa shape index (κ2) is 14.4. The van der Waals surface area contributed by atoms with Crippen LogP contribution in [-0.4, -0.2) is 59.8 Å². The van der Waals surface area contributed by atoms with Gasteiger partial charge in [0.05, 0.1) is 28.6 Å². The molecule has 0 radical (unpaired) electrons. The number of aryl methyl sites for hydroxylation is 4. The van der Waals surface area contributed by atoms with Crippen LogP contribution >= 0.6 is 0 Å². The summed E-state index contributed by atoms with van der Waals surface area (Å²) >= 11 is 0. The van der Waals surface area contributed by atoms with Gasteiger partial charge in [0.25, 0.3) is 17.4 Å². The molecule has 6 heterocycles. The molecule has 1 atom stereocenters. The second-order valence-corrected chi connectivity index (χ2v) is 15.2. The number of carbonyl (C=O) groups excluding carboxylic acids is 4. The number of fused-ring (bicyclic) bond motifs is 3. The number of pyridine rings is 2. The van der Waals surface area contributed by atoms with Crippen molar-refractivity contribution in [3.63, 3.8) is 0 Å². The number of imide groups is 1. The number of nitrogens with zero attached hydrogens (tertiary/aromatic N) is 6. The van der Waals surface area contributed by atoms with Gasteiger partial charge >= 0.3 is 5.69 Å². The largest absolute Gasteiger partial charge is 0.364 e. The van der Waals surface area contributed by atoms with Crippen LogP contribution in [0.4, 0.5) is 11.4 Å². The monoisotopic (exact) mass is 766 g/mol. The predicted octanol–water partition coefficient (Wildman–Crippen LogP) is 3.47. The van der Waals surface area contributed by atoms with Crippen molar-refractivity contribution in [1.82, 2.24) is 28.9 Å². The summed E-state index contributed by atoms with van der Waals surface area (Å²) in [6.45, 7) is 5.13. The lowest BCUT2D eigenvalue weighted by molar-refractivity contribution is -0.136. The molecule has 4 amide bonds. The first-order valence-electron chi connectivity index (χ1n) is 19.1. The van der Waals surface area contributed by atoms with Gasteiger partial charge in [0.15, 0.2) is 0 Å². The molecule has 1 unspecified atom stereocenters. The van der Waals surface area contributed by atoms with Crippen LogP contribution in [0.25, 0.3) is 16.7 Å². The summed E-state index contributed by atoms with van der Waals surface area (Å²) < 4.78 is 4.89. The Bertz CT molecular complexity index is 2750. The van der Waals surface area contributed by atoms with E-state index in [4.69, 9.17) is 5.73 Å². The van der Waals surface area contributed by atoms with Crippen molar-refractivity contribution in [3.8, 4) is 17.5 Å². The molecule has 14 heteroatoms. The molecule has 14 nitrogen and oxygen atoms in total. The Morgan fingerprint density at radius 1 is 1.02 bits per heavy atom. The highest BCUT2D eigenvalue weighted by Crippen LogP contribution is 2.37. The van der Waals surface area contributed by atoms with Gasteiger partial charge in [-0.15, -0.1) is 0 Å². The van der Waals surface area contributed by atoms with E-state index in [1.54, 1.807) is 47.5 Å². The number of nitrogens with one attached hydrogen (secondary N) is 1. The smallest absolute Gasteiger partial charge is 0.328 e. The van der Waals surface area contributed by atoms with Gasteiger partial charge in [0.1, 0.15) is 11.7 Å². The Labute approximate surface area is 327 Å². The number of piperidine rings is 1. The third-order valence-corrected chi connectivity index (χ3v) is 11.3. The number of carbonyl (C=O) groups is 4. The van der Waals surface area contributed by atoms with Crippen molar-refractivity contribution < 1.29 is 19.2 Å². The number of amides is 4. The molecule has 57 heavy (non-hydrogen) atoms. The first-order valence-corrected chi connectivity index (χ1v) is 19.1. The highest BCUT2D eigenvalue weighted by molar-refractivity contribution is 6.05. The van der Waals surface area contributed by atoms with Crippen LogP contribution in [0.15, 0.2) is 64.4 Å². The maximum absolute atomic E-state index is 13.9. The molecule has 0 spiro atoms. The summed E-state index contributed by atoms with van der Waals surface area (Å²) in [5, 5.41) is 2.32. The number of rotatable bonds is 7. The minimum Gasteiger partial charge on any atom is -0.364 e. The van der Waals surface area contributed by atoms with Crippen LogP contribution in [0.5, 0.6) is 0 Å². The number of anilines is 2. The molecule has 0 bridgehead atoms. The third kappa shape index (κ3) is 6.48. The summed E-state index contributed by atoms with van der Waals surface area (Å²) in [6, 6.07) is 12.1. The Hall–Kier alpha value is -6.75. The van der Waals surface area contributed by atoms with Crippen molar-refractivity contribution in [2.75, 3.05) is 11.4 Å². The van der Waals surface area contributed by atoms with Crippen LogP contribution in [-0.2, 0) is 43.1 Å². The van der Waals surface area contributed by atoms with E-state index in [1.807, 2.05) is 18.3 Å². The zero-order valence-corrected chi connectivity index (χ0v) is 32.2. The zero-order valence-electron chi connectivity index (χ0n) is 32.2. The first kappa shape index (κ1) is 37.2. The normalized spacial score (nSPS) is 16.4. The quantitative estimate of drug-likeness (QED) is 0.187. The number of benzene rings is 2. The van der Waals surface area contributed by atoms with Crippen LogP contribution < -0.4 is 27.2 Å². The predicted molar refractivity (Wildman–Crippen MR) is 214 cm³/mol. The SMILES string of the molecule is CC(C)c1cc(N2CCCc3cn(-c4cnc(C(N)=O)c(CCC#Cc5cccc6c5CN(C5CCC(=O)NC5=O)C6=O)c4)c(=O)cc32)cc2c1n(C)c(=O)n2C. The van der Waals surface area contributed by atoms with E-state index >= 15 is 0 Å². The number of aromatic nitrogens is 4. The van der Waals surface area contributed by atoms with Gasteiger partial charge in [-0.25, -0.2) is 9.78 Å². The molecule has 3 aromatic heterocycles. The molecule has 0 aliphatic carbocycles. The van der Waals surface area contributed by atoms with E-state index in [-0.39, 0.29) is 54.1 Å². The Morgan fingerprint density at radius 3 is 2.58 bits per heavy atom. The van der Waals surface area contributed by atoms with Gasteiger partial charge in [-0.1, -0.05) is 31.8 Å². The number of hydrogen-bond acceptors (Lipinski definition) is 8. The fourth-order valence-electron chi connectivity index (χ4n) is 8.39. The van der Waals surface area contributed by atoms with Gasteiger partial charge in [-0.3, -0.25) is 43.0 Å². The van der Waals surface area contributed by atoms with Crippen LogP contribution in [0, 0.1) is 11.8 Å². The number of nitrogens with two attached hydrogens (primary N) is 1. The topological polar surface area (TPSA) is 175 Å². The number of imidazole rings is 1. The molecule has 290 valence electrons. The van der Waals surface area contributed by atoms with Gasteiger partial charge in [0.2, 0.25) is 11.8 Å². The molecule has 0 saturated carbocycles. The number of primary amides is 1. The number of hydrogen-bond donors (Lipinski definition) is 2. The molecular weight excluding hydrogens is 725 g/mol. The standard InChI is InChI=1S/C43H42N8O6/c1-24(2)31-18-28(19-35-39(31)48(4)43(57)47(35)3)49-16-8-12-27-22-50(37(53)20-34(27)49)29-17-26(38(40(44)54)45-21-29)10-6-5-9-25-11-7-13-30-32(25)23-51(42(30)56)33-14-15-36(52)46-41(33)55/h7,11,13,17-22,24,33H,6,8,10,12,14-16,23H2,1-4H3,(H2,44,54)(H,46,52,55). The van der Waals surface area contributed by atoms with Gasteiger partial charge in [-0.2, -0.15) is 0 Å². The maximum Gasteiger partial charge on any atom is 0.328 e. The molecule has 1 fully saturated rings. The fourth-order valence-corrected chi connectivity index (χ4v) is 8.39. The first-order chi connectivity index (χ1) is 27.3. The van der Waals surface area contributed by atoms with Gasteiger partial charge < -0.3 is 15.5 Å². The van der Waals surface area contributed by atoms with Crippen LogP contribution in [0.3, 0.4) is 0 Å². The molecule has 5 aromatic rings. The highest BCUT2D eigenvalue weighted by atomic mass is 16.2. The molecule has 3 N–H and O–H groups in total. The molecular formula is C43H42N8O6. The molecule has 1 saturated heterocycles. The maximum atomic E-state index is 13.9. The van der Waals surface area contributed by atoms with E-state index < -0.39 is 17.9 Å². The van der Waals surface area contributed by atoms with Gasteiger partial charge in [-0.05, 0) is 84.2 Å². The summed E-state index contributed by atoms with van der Waals surface area (Å²) in [5.41, 5.74) is 13.8. The van der Waals surface area contributed by atoms with Crippen molar-refractivity contribution in [3.05, 3.63) is 115 Å². The second-order valence-electron chi connectivity index (χ2n) is 15.2. The van der Waals surface area contributed by atoms with Crippen LogP contribution in [0.1, 0.15) is 94.1 Å². The van der Waals surface area contributed by atoms with Crippen LogP contribution in [0.2, 0.25) is 0 Å². The summed E-state index contributed by atoms with van der Waals surface area (Å²) in [7, 11) is 3.57.